The fourth-order valence-corrected chi connectivity index (χ4v) is 3.51. The summed E-state index contributed by atoms with van der Waals surface area (Å²) in [6.07, 6.45) is 0. The van der Waals surface area contributed by atoms with Crippen LogP contribution in [0.2, 0.25) is 0 Å². The van der Waals surface area contributed by atoms with Gasteiger partial charge in [-0.05, 0) is 42.5 Å². The van der Waals surface area contributed by atoms with Crippen molar-refractivity contribution < 1.29 is 17.9 Å². The number of nitrogens with one attached hydrogen (secondary N) is 1. The summed E-state index contributed by atoms with van der Waals surface area (Å²) < 4.78 is 29.6. The number of hydrogen-bond donors (Lipinski definition) is 1. The number of hydrogen-bond acceptors (Lipinski definition) is 4. The van der Waals surface area contributed by atoms with Gasteiger partial charge in [-0.3, -0.25) is 4.79 Å². The van der Waals surface area contributed by atoms with Crippen LogP contribution in [-0.4, -0.2) is 20.1 Å². The van der Waals surface area contributed by atoms with Crippen LogP contribution in [-0.2, 0) is 16.4 Å². The average Bonchev–Trinajstić information content (AvgIpc) is 2.74. The molecule has 0 bridgehead atoms. The number of sulfone groups is 1. The largest absolute Gasteiger partial charge is 0.457 e. The van der Waals surface area contributed by atoms with Crippen LogP contribution in [0.1, 0.15) is 22.8 Å². The number of carbonyl (C=O) groups excluding carboxylic acids is 1. The summed E-state index contributed by atoms with van der Waals surface area (Å²) in [6.45, 7) is 1.88. The minimum absolute atomic E-state index is 0.0245. The highest BCUT2D eigenvalue weighted by Crippen LogP contribution is 2.25. The first kappa shape index (κ1) is 19.6. The van der Waals surface area contributed by atoms with Gasteiger partial charge < -0.3 is 10.1 Å². The van der Waals surface area contributed by atoms with Gasteiger partial charge in [0.15, 0.2) is 9.84 Å². The zero-order chi connectivity index (χ0) is 20.0. The van der Waals surface area contributed by atoms with Gasteiger partial charge in [-0.2, -0.15) is 0 Å². The van der Waals surface area contributed by atoms with Crippen LogP contribution in [0.4, 0.5) is 0 Å². The molecule has 0 saturated carbocycles. The van der Waals surface area contributed by atoms with E-state index >= 15 is 0 Å². The van der Waals surface area contributed by atoms with Gasteiger partial charge in [0.05, 0.1) is 10.6 Å². The molecule has 0 aromatic heterocycles. The van der Waals surface area contributed by atoms with E-state index in [0.717, 1.165) is 5.56 Å². The van der Waals surface area contributed by atoms with Crippen LogP contribution in [0.3, 0.4) is 0 Å². The Kier molecular flexibility index (Phi) is 6.11. The lowest BCUT2D eigenvalue weighted by molar-refractivity contribution is 0.0950. The lowest BCUT2D eigenvalue weighted by Crippen LogP contribution is -2.23. The summed E-state index contributed by atoms with van der Waals surface area (Å²) in [6, 6.07) is 22.9. The molecule has 1 N–H and O–H groups in total. The van der Waals surface area contributed by atoms with Crippen LogP contribution in [0.25, 0.3) is 0 Å². The van der Waals surface area contributed by atoms with Crippen molar-refractivity contribution >= 4 is 15.7 Å². The van der Waals surface area contributed by atoms with E-state index in [-0.39, 0.29) is 23.1 Å². The van der Waals surface area contributed by atoms with Gasteiger partial charge in [0.25, 0.3) is 5.91 Å². The fourth-order valence-electron chi connectivity index (χ4n) is 2.62. The van der Waals surface area contributed by atoms with Gasteiger partial charge in [-0.25, -0.2) is 8.42 Å². The van der Waals surface area contributed by atoms with E-state index in [1.165, 1.54) is 24.3 Å². The van der Waals surface area contributed by atoms with Crippen LogP contribution in [0.5, 0.6) is 11.5 Å². The van der Waals surface area contributed by atoms with E-state index in [1.807, 2.05) is 54.6 Å². The first-order chi connectivity index (χ1) is 13.5. The Labute approximate surface area is 164 Å². The maximum Gasteiger partial charge on any atom is 0.251 e. The molecule has 0 atom stereocenters. The maximum atomic E-state index is 12.4. The molecule has 0 aliphatic carbocycles. The first-order valence-electron chi connectivity index (χ1n) is 8.91. The van der Waals surface area contributed by atoms with E-state index in [2.05, 4.69) is 5.32 Å². The molecule has 5 nitrogen and oxygen atoms in total. The predicted molar refractivity (Wildman–Crippen MR) is 108 cm³/mol. The van der Waals surface area contributed by atoms with Gasteiger partial charge in [-0.15, -0.1) is 0 Å². The molecule has 0 spiro atoms. The molecule has 0 aliphatic rings. The normalized spacial score (nSPS) is 11.0. The zero-order valence-corrected chi connectivity index (χ0v) is 16.3. The molecular formula is C22H21NO4S. The quantitative estimate of drug-likeness (QED) is 0.651. The van der Waals surface area contributed by atoms with Gasteiger partial charge in [0.2, 0.25) is 0 Å². The molecule has 3 aromatic carbocycles. The van der Waals surface area contributed by atoms with Crippen molar-refractivity contribution in [3.8, 4) is 11.5 Å². The third kappa shape index (κ3) is 4.78. The maximum absolute atomic E-state index is 12.4. The lowest BCUT2D eigenvalue weighted by atomic mass is 10.1. The molecule has 0 fully saturated rings. The van der Waals surface area contributed by atoms with Crippen LogP contribution in [0.15, 0.2) is 83.8 Å². The van der Waals surface area contributed by atoms with E-state index in [4.69, 9.17) is 4.74 Å². The SMILES string of the molecule is CCS(=O)(=O)c1ccc(C(=O)NCc2ccccc2Oc2ccccc2)cc1. The number of benzene rings is 3. The predicted octanol–water partition coefficient (Wildman–Crippen LogP) is 4.20. The monoisotopic (exact) mass is 395 g/mol. The van der Waals surface area contributed by atoms with Crippen LogP contribution < -0.4 is 10.1 Å². The zero-order valence-electron chi connectivity index (χ0n) is 15.5. The van der Waals surface area contributed by atoms with E-state index in [9.17, 15) is 13.2 Å². The molecular weight excluding hydrogens is 374 g/mol. The first-order valence-corrected chi connectivity index (χ1v) is 10.6. The summed E-state index contributed by atoms with van der Waals surface area (Å²) in [7, 11) is -3.28. The van der Waals surface area contributed by atoms with Gasteiger partial charge in [0.1, 0.15) is 11.5 Å². The number of ether oxygens (including phenoxy) is 1. The third-order valence-electron chi connectivity index (χ3n) is 4.24. The Morgan fingerprint density at radius 1 is 0.893 bits per heavy atom. The summed E-state index contributed by atoms with van der Waals surface area (Å²) in [4.78, 5) is 12.6. The highest BCUT2D eigenvalue weighted by molar-refractivity contribution is 7.91. The van der Waals surface area contributed by atoms with Crippen molar-refractivity contribution in [2.24, 2.45) is 0 Å². The molecule has 0 radical (unpaired) electrons. The summed E-state index contributed by atoms with van der Waals surface area (Å²) in [5.41, 5.74) is 1.24. The van der Waals surface area contributed by atoms with Crippen molar-refractivity contribution in [3.05, 3.63) is 90.0 Å². The fraction of sp³-hybridized carbons (Fsp3) is 0.136. The Morgan fingerprint density at radius 2 is 1.54 bits per heavy atom. The third-order valence-corrected chi connectivity index (χ3v) is 5.99. The topological polar surface area (TPSA) is 72.5 Å². The molecule has 3 aromatic rings. The smallest absolute Gasteiger partial charge is 0.251 e. The van der Waals surface area contributed by atoms with E-state index in [1.54, 1.807) is 6.92 Å². The minimum atomic E-state index is -3.28. The van der Waals surface area contributed by atoms with Gasteiger partial charge in [0, 0.05) is 17.7 Å². The highest BCUT2D eigenvalue weighted by Gasteiger charge is 2.13. The average molecular weight is 395 g/mol. The molecule has 0 unspecified atom stereocenters. The second-order valence-electron chi connectivity index (χ2n) is 6.13. The Bertz CT molecular complexity index is 1050. The van der Waals surface area contributed by atoms with Crippen LogP contribution in [0, 0.1) is 0 Å². The minimum Gasteiger partial charge on any atom is -0.457 e. The van der Waals surface area contributed by atoms with Gasteiger partial charge >= 0.3 is 0 Å². The standard InChI is InChI=1S/C22H21NO4S/c1-2-28(25,26)20-14-12-17(13-15-20)22(24)23-16-18-8-6-7-11-21(18)27-19-9-4-3-5-10-19/h3-15H,2,16H2,1H3,(H,23,24). The van der Waals surface area contributed by atoms with Crippen molar-refractivity contribution in [1.82, 2.24) is 5.32 Å². The highest BCUT2D eigenvalue weighted by atomic mass is 32.2. The lowest BCUT2D eigenvalue weighted by Gasteiger charge is -2.12. The molecule has 3 rings (SSSR count). The van der Waals surface area contributed by atoms with Crippen LogP contribution >= 0.6 is 0 Å². The molecule has 1 amide bonds. The molecule has 6 heteroatoms. The van der Waals surface area contributed by atoms with E-state index < -0.39 is 9.84 Å². The number of rotatable bonds is 7. The summed E-state index contributed by atoms with van der Waals surface area (Å²) >= 11 is 0. The number of amides is 1. The Balaban J connectivity index is 1.68. The summed E-state index contributed by atoms with van der Waals surface area (Å²) in [5.74, 6) is 1.12. The van der Waals surface area contributed by atoms with Crippen molar-refractivity contribution in [3.63, 3.8) is 0 Å². The van der Waals surface area contributed by atoms with Crippen molar-refractivity contribution in [2.45, 2.75) is 18.4 Å². The molecule has 28 heavy (non-hydrogen) atoms. The molecule has 0 saturated heterocycles. The van der Waals surface area contributed by atoms with Gasteiger partial charge in [-0.1, -0.05) is 43.3 Å². The number of carbonyl (C=O) groups is 1. The molecule has 0 aliphatic heterocycles. The molecule has 0 heterocycles. The Morgan fingerprint density at radius 3 is 2.21 bits per heavy atom. The second-order valence-corrected chi connectivity index (χ2v) is 8.41. The number of para-hydroxylation sites is 2. The second kappa shape index (κ2) is 8.71. The summed E-state index contributed by atoms with van der Waals surface area (Å²) in [5, 5.41) is 2.85. The Hall–Kier alpha value is -3.12. The molecule has 144 valence electrons. The van der Waals surface area contributed by atoms with Crippen molar-refractivity contribution in [1.29, 1.82) is 0 Å². The van der Waals surface area contributed by atoms with Crippen molar-refractivity contribution in [2.75, 3.05) is 5.75 Å². The van der Waals surface area contributed by atoms with E-state index in [0.29, 0.717) is 17.1 Å².